The van der Waals surface area contributed by atoms with Crippen LogP contribution in [0.3, 0.4) is 0 Å². The molecule has 1 fully saturated rings. The molecule has 6 nitrogen and oxygen atoms in total. The maximum atomic E-state index is 13.2. The Morgan fingerprint density at radius 2 is 1.71 bits per heavy atom. The smallest absolute Gasteiger partial charge is 0.246 e. The highest BCUT2D eigenvalue weighted by atomic mass is 16.2. The molecule has 6 heteroatoms. The first-order valence-electron chi connectivity index (χ1n) is 11.7. The van der Waals surface area contributed by atoms with Gasteiger partial charge in [-0.3, -0.25) is 9.59 Å². The van der Waals surface area contributed by atoms with E-state index in [0.29, 0.717) is 13.0 Å². The van der Waals surface area contributed by atoms with Crippen molar-refractivity contribution in [3.05, 3.63) is 90.3 Å². The molecule has 0 bridgehead atoms. The summed E-state index contributed by atoms with van der Waals surface area (Å²) < 4.78 is 1.98. The Morgan fingerprint density at radius 1 is 1.00 bits per heavy atom. The number of carbonyl (C=O) groups excluding carboxylic acids is 2. The summed E-state index contributed by atoms with van der Waals surface area (Å²) in [6.07, 6.45) is 1.34. The number of imidazole rings is 1. The predicted octanol–water partition coefficient (Wildman–Crippen LogP) is 4.78. The Kier molecular flexibility index (Phi) is 5.88. The molecule has 1 aliphatic rings. The van der Waals surface area contributed by atoms with Crippen molar-refractivity contribution in [2.45, 2.75) is 32.2 Å². The second-order valence-electron chi connectivity index (χ2n) is 8.76. The average molecular weight is 453 g/mol. The third-order valence-electron chi connectivity index (χ3n) is 6.64. The van der Waals surface area contributed by atoms with E-state index in [4.69, 9.17) is 4.98 Å². The number of carbonyl (C=O) groups is 2. The topological polar surface area (TPSA) is 58.4 Å². The zero-order valence-corrected chi connectivity index (χ0v) is 19.5. The first-order chi connectivity index (χ1) is 16.5. The van der Waals surface area contributed by atoms with E-state index < -0.39 is 0 Å². The molecule has 1 atom stereocenters. The van der Waals surface area contributed by atoms with Crippen LogP contribution in [0.5, 0.6) is 0 Å². The number of benzene rings is 3. The molecule has 0 spiro atoms. The van der Waals surface area contributed by atoms with E-state index in [2.05, 4.69) is 19.1 Å². The molecule has 34 heavy (non-hydrogen) atoms. The maximum Gasteiger partial charge on any atom is 0.246 e. The fourth-order valence-corrected chi connectivity index (χ4v) is 4.65. The van der Waals surface area contributed by atoms with Gasteiger partial charge in [0.05, 0.1) is 11.0 Å². The van der Waals surface area contributed by atoms with Crippen molar-refractivity contribution in [2.75, 3.05) is 23.4 Å². The van der Waals surface area contributed by atoms with E-state index in [0.717, 1.165) is 34.7 Å². The van der Waals surface area contributed by atoms with Crippen molar-refractivity contribution < 1.29 is 9.59 Å². The maximum absolute atomic E-state index is 13.2. The number of fused-ring (bicyclic) bond motifs is 1. The minimum Gasteiger partial charge on any atom is -0.318 e. The Labute approximate surface area is 199 Å². The van der Waals surface area contributed by atoms with Gasteiger partial charge in [-0.1, -0.05) is 49.4 Å². The van der Waals surface area contributed by atoms with Crippen LogP contribution in [-0.4, -0.2) is 35.0 Å². The van der Waals surface area contributed by atoms with E-state index in [9.17, 15) is 9.59 Å². The number of nitrogens with zero attached hydrogens (tertiary/aromatic N) is 4. The number of hydrogen-bond acceptors (Lipinski definition) is 3. The van der Waals surface area contributed by atoms with Gasteiger partial charge >= 0.3 is 0 Å². The molecule has 1 aromatic heterocycles. The molecule has 0 radical (unpaired) electrons. The molecule has 2 heterocycles. The minimum absolute atomic E-state index is 0.0352. The number of amides is 2. The first kappa shape index (κ1) is 21.9. The quantitative estimate of drug-likeness (QED) is 0.423. The number of aromatic nitrogens is 2. The van der Waals surface area contributed by atoms with Gasteiger partial charge in [0.15, 0.2) is 0 Å². The molecular weight excluding hydrogens is 424 g/mol. The van der Waals surface area contributed by atoms with Crippen molar-refractivity contribution in [3.63, 3.8) is 0 Å². The first-order valence-corrected chi connectivity index (χ1v) is 11.7. The standard InChI is InChI=1S/C28H28N4O2/c1-3-20-13-15-23(16-14-20)31-18-21(17-26(31)33)28-29-24-11-7-8-12-25(24)32(28)19-27(34)30(2)22-9-5-4-6-10-22/h4-16,21H,3,17-19H2,1-2H3/t21-/m0/s1. The van der Waals surface area contributed by atoms with Crippen LogP contribution in [0, 0.1) is 0 Å². The lowest BCUT2D eigenvalue weighted by Crippen LogP contribution is -2.31. The molecule has 4 aromatic rings. The Balaban J connectivity index is 1.45. The molecule has 2 amide bonds. The van der Waals surface area contributed by atoms with Crippen molar-refractivity contribution in [3.8, 4) is 0 Å². The highest BCUT2D eigenvalue weighted by Gasteiger charge is 2.35. The van der Waals surface area contributed by atoms with Gasteiger partial charge in [0.25, 0.3) is 0 Å². The van der Waals surface area contributed by atoms with Crippen LogP contribution in [-0.2, 0) is 22.6 Å². The van der Waals surface area contributed by atoms with Crippen molar-refractivity contribution in [2.24, 2.45) is 0 Å². The molecular formula is C28H28N4O2. The van der Waals surface area contributed by atoms with Crippen molar-refractivity contribution in [1.29, 1.82) is 0 Å². The third-order valence-corrected chi connectivity index (χ3v) is 6.64. The second kappa shape index (κ2) is 9.14. The lowest BCUT2D eigenvalue weighted by atomic mass is 10.1. The number of para-hydroxylation sites is 3. The number of aryl methyl sites for hydroxylation is 1. The summed E-state index contributed by atoms with van der Waals surface area (Å²) in [5, 5.41) is 0. The summed E-state index contributed by atoms with van der Waals surface area (Å²) in [6, 6.07) is 25.6. The van der Waals surface area contributed by atoms with Gasteiger partial charge in [-0.15, -0.1) is 0 Å². The van der Waals surface area contributed by atoms with E-state index in [1.807, 2.05) is 76.2 Å². The third kappa shape index (κ3) is 4.07. The Bertz CT molecular complexity index is 1330. The Morgan fingerprint density at radius 3 is 2.44 bits per heavy atom. The van der Waals surface area contributed by atoms with E-state index in [1.165, 1.54) is 5.56 Å². The summed E-state index contributed by atoms with van der Waals surface area (Å²) in [7, 11) is 1.79. The monoisotopic (exact) mass is 452 g/mol. The van der Waals surface area contributed by atoms with Crippen LogP contribution < -0.4 is 9.80 Å². The van der Waals surface area contributed by atoms with Gasteiger partial charge in [-0.05, 0) is 48.4 Å². The van der Waals surface area contributed by atoms with E-state index in [1.54, 1.807) is 11.9 Å². The van der Waals surface area contributed by atoms with Crippen LogP contribution in [0.15, 0.2) is 78.9 Å². The summed E-state index contributed by atoms with van der Waals surface area (Å²) >= 11 is 0. The van der Waals surface area contributed by atoms with E-state index >= 15 is 0 Å². The van der Waals surface area contributed by atoms with Crippen LogP contribution in [0.1, 0.15) is 30.7 Å². The predicted molar refractivity (Wildman–Crippen MR) is 135 cm³/mol. The molecule has 5 rings (SSSR count). The van der Waals surface area contributed by atoms with Gasteiger partial charge in [0.2, 0.25) is 11.8 Å². The lowest BCUT2D eigenvalue weighted by molar-refractivity contribution is -0.119. The highest BCUT2D eigenvalue weighted by molar-refractivity contribution is 5.97. The van der Waals surface area contributed by atoms with Crippen LogP contribution >= 0.6 is 0 Å². The molecule has 0 aliphatic carbocycles. The average Bonchev–Trinajstić information content (AvgIpc) is 3.44. The minimum atomic E-state index is -0.0828. The molecule has 0 saturated carbocycles. The molecule has 172 valence electrons. The van der Waals surface area contributed by atoms with Gasteiger partial charge < -0.3 is 14.4 Å². The molecule has 1 aliphatic heterocycles. The molecule has 3 aromatic carbocycles. The summed E-state index contributed by atoms with van der Waals surface area (Å²) in [4.78, 5) is 34.6. The van der Waals surface area contributed by atoms with Gasteiger partial charge in [0, 0.05) is 37.3 Å². The second-order valence-corrected chi connectivity index (χ2v) is 8.76. The summed E-state index contributed by atoms with van der Waals surface area (Å²) in [5.74, 6) is 0.755. The zero-order chi connectivity index (χ0) is 23.7. The summed E-state index contributed by atoms with van der Waals surface area (Å²) in [5.41, 5.74) is 4.75. The van der Waals surface area contributed by atoms with Gasteiger partial charge in [-0.25, -0.2) is 4.98 Å². The van der Waals surface area contributed by atoms with Gasteiger partial charge in [-0.2, -0.15) is 0 Å². The zero-order valence-electron chi connectivity index (χ0n) is 19.5. The molecule has 1 saturated heterocycles. The Hall–Kier alpha value is -3.93. The fourth-order valence-electron chi connectivity index (χ4n) is 4.65. The fraction of sp³-hybridized carbons (Fsp3) is 0.250. The highest BCUT2D eigenvalue weighted by Crippen LogP contribution is 2.33. The number of anilines is 2. The van der Waals surface area contributed by atoms with Gasteiger partial charge in [0.1, 0.15) is 12.4 Å². The summed E-state index contributed by atoms with van der Waals surface area (Å²) in [6.45, 7) is 2.83. The SMILES string of the molecule is CCc1ccc(N2C[C@@H](c3nc4ccccc4n3CC(=O)N(C)c3ccccc3)CC2=O)cc1. The van der Waals surface area contributed by atoms with Crippen molar-refractivity contribution in [1.82, 2.24) is 9.55 Å². The molecule has 0 unspecified atom stereocenters. The normalized spacial score (nSPS) is 15.8. The van der Waals surface area contributed by atoms with E-state index in [-0.39, 0.29) is 24.3 Å². The lowest BCUT2D eigenvalue weighted by Gasteiger charge is -2.20. The van der Waals surface area contributed by atoms with Crippen LogP contribution in [0.25, 0.3) is 11.0 Å². The van der Waals surface area contributed by atoms with Crippen LogP contribution in [0.4, 0.5) is 11.4 Å². The van der Waals surface area contributed by atoms with Crippen molar-refractivity contribution >= 4 is 34.2 Å². The molecule has 0 N–H and O–H groups in total. The largest absolute Gasteiger partial charge is 0.318 e. The number of rotatable bonds is 6. The number of hydrogen-bond donors (Lipinski definition) is 0. The number of likely N-dealkylation sites (N-methyl/N-ethyl adjacent to an activating group) is 1. The van der Waals surface area contributed by atoms with Crippen LogP contribution in [0.2, 0.25) is 0 Å².